The predicted molar refractivity (Wildman–Crippen MR) is 109 cm³/mol. The Labute approximate surface area is 172 Å². The van der Waals surface area contributed by atoms with Gasteiger partial charge in [-0.2, -0.15) is 0 Å². The number of phenols is 1. The molecular formula is C23H31NO5. The number of rotatable bonds is 4. The summed E-state index contributed by atoms with van der Waals surface area (Å²) >= 11 is 0. The van der Waals surface area contributed by atoms with Crippen molar-refractivity contribution in [3.05, 3.63) is 36.4 Å². The monoisotopic (exact) mass is 401 g/mol. The molecule has 6 heteroatoms. The largest absolute Gasteiger partial charge is 0.504 e. The zero-order valence-corrected chi connectivity index (χ0v) is 17.7. The zero-order valence-electron chi connectivity index (χ0n) is 17.7. The summed E-state index contributed by atoms with van der Waals surface area (Å²) in [7, 11) is 4.75. The first kappa shape index (κ1) is 20.1. The second-order valence-electron chi connectivity index (χ2n) is 8.96. The summed E-state index contributed by atoms with van der Waals surface area (Å²) in [5, 5.41) is 10.4. The normalized spacial score (nSPS) is 37.9. The highest BCUT2D eigenvalue weighted by molar-refractivity contribution is 5.69. The average molecular weight is 402 g/mol. The number of benzene rings is 1. The summed E-state index contributed by atoms with van der Waals surface area (Å²) in [4.78, 5) is 14.8. The Balaban J connectivity index is 1.94. The summed E-state index contributed by atoms with van der Waals surface area (Å²) in [5.74, 6) is 0.884. The van der Waals surface area contributed by atoms with Crippen LogP contribution in [0.1, 0.15) is 37.7 Å². The molecule has 1 heterocycles. The number of ether oxygens (including phenoxy) is 3. The van der Waals surface area contributed by atoms with Gasteiger partial charge in [0.25, 0.3) is 0 Å². The Morgan fingerprint density at radius 1 is 1.34 bits per heavy atom. The average Bonchev–Trinajstić information content (AvgIpc) is 3.01. The highest BCUT2D eigenvalue weighted by Crippen LogP contribution is 2.69. The van der Waals surface area contributed by atoms with E-state index in [0.29, 0.717) is 18.2 Å². The Morgan fingerprint density at radius 2 is 2.10 bits per heavy atom. The Bertz CT molecular complexity index is 825. The van der Waals surface area contributed by atoms with Crippen molar-refractivity contribution >= 4 is 6.09 Å². The van der Waals surface area contributed by atoms with Crippen molar-refractivity contribution in [2.24, 2.45) is 16.7 Å². The van der Waals surface area contributed by atoms with Gasteiger partial charge in [-0.05, 0) is 36.7 Å². The van der Waals surface area contributed by atoms with Gasteiger partial charge in [0, 0.05) is 30.6 Å². The van der Waals surface area contributed by atoms with Crippen LogP contribution >= 0.6 is 0 Å². The number of phenolic OH excluding ortho intramolecular Hbond substituents is 1. The van der Waals surface area contributed by atoms with Gasteiger partial charge < -0.3 is 24.2 Å². The standard InChI is InChI=1S/C23H31NO5/c1-6-23-17-12-15(14-8-7-9-16(25)19(14)28-4)20(23)24(21(26)29-5)13-22(17,2)11-10-18(23)27-3/h6-9,15,17-18,20,25H,1,10-13H2,2-5H3/t15-,17+,18?,20?,22?,23?/m0/s1. The molecule has 1 aromatic rings. The van der Waals surface area contributed by atoms with Crippen LogP contribution in [-0.4, -0.2) is 56.1 Å². The SMILES string of the molecule is C=CC12C(OC)CCC3(C)CN(C(=O)OC)C1[C@H](c1cccc(O)c1OC)C[C@H]32. The smallest absolute Gasteiger partial charge is 0.409 e. The molecule has 0 radical (unpaired) electrons. The van der Waals surface area contributed by atoms with Gasteiger partial charge in [0.15, 0.2) is 11.5 Å². The van der Waals surface area contributed by atoms with Crippen LogP contribution in [0.25, 0.3) is 0 Å². The van der Waals surface area contributed by atoms with E-state index in [1.54, 1.807) is 20.3 Å². The molecule has 3 fully saturated rings. The van der Waals surface area contributed by atoms with Crippen LogP contribution in [0.2, 0.25) is 0 Å². The molecule has 3 aliphatic rings. The third-order valence-electron chi connectivity index (χ3n) is 7.91. The van der Waals surface area contributed by atoms with Crippen molar-refractivity contribution in [1.82, 2.24) is 4.90 Å². The molecule has 2 aliphatic carbocycles. The third-order valence-corrected chi connectivity index (χ3v) is 7.91. The molecule has 6 atom stereocenters. The molecule has 4 unspecified atom stereocenters. The summed E-state index contributed by atoms with van der Waals surface area (Å²) in [6.45, 7) is 7.16. The molecule has 1 amide bonds. The fraction of sp³-hybridized carbons (Fsp3) is 0.609. The number of hydrogen-bond acceptors (Lipinski definition) is 5. The minimum Gasteiger partial charge on any atom is -0.504 e. The second kappa shape index (κ2) is 6.94. The van der Waals surface area contributed by atoms with Gasteiger partial charge in [-0.3, -0.25) is 0 Å². The van der Waals surface area contributed by atoms with Crippen LogP contribution in [0.4, 0.5) is 4.79 Å². The number of piperidine rings is 1. The Hall–Kier alpha value is -2.21. The fourth-order valence-corrected chi connectivity index (χ4v) is 6.86. The Morgan fingerprint density at radius 3 is 2.72 bits per heavy atom. The van der Waals surface area contributed by atoms with E-state index in [1.807, 2.05) is 23.1 Å². The third kappa shape index (κ3) is 2.54. The van der Waals surface area contributed by atoms with E-state index < -0.39 is 0 Å². The van der Waals surface area contributed by atoms with Crippen LogP contribution in [0.15, 0.2) is 30.9 Å². The van der Waals surface area contributed by atoms with Crippen molar-refractivity contribution in [3.8, 4) is 11.5 Å². The summed E-state index contributed by atoms with van der Waals surface area (Å²) in [6, 6.07) is 5.28. The van der Waals surface area contributed by atoms with E-state index in [0.717, 1.165) is 24.8 Å². The van der Waals surface area contributed by atoms with Gasteiger partial charge in [0.1, 0.15) is 0 Å². The van der Waals surface area contributed by atoms with Gasteiger partial charge in [-0.15, -0.1) is 6.58 Å². The first-order chi connectivity index (χ1) is 13.9. The topological polar surface area (TPSA) is 68.2 Å². The number of nitrogens with zero attached hydrogens (tertiary/aromatic N) is 1. The van der Waals surface area contributed by atoms with Gasteiger partial charge in [0.2, 0.25) is 0 Å². The van der Waals surface area contributed by atoms with Gasteiger partial charge in [0.05, 0.1) is 26.4 Å². The molecule has 0 aromatic heterocycles. The molecule has 1 saturated heterocycles. The lowest BCUT2D eigenvalue weighted by Crippen LogP contribution is -2.67. The van der Waals surface area contributed by atoms with E-state index in [9.17, 15) is 9.90 Å². The van der Waals surface area contributed by atoms with Crippen LogP contribution in [-0.2, 0) is 9.47 Å². The van der Waals surface area contributed by atoms with Crippen molar-refractivity contribution < 1.29 is 24.1 Å². The lowest BCUT2D eigenvalue weighted by atomic mass is 9.51. The molecule has 4 bridgehead atoms. The summed E-state index contributed by atoms with van der Waals surface area (Å²) in [5.41, 5.74) is 0.489. The van der Waals surface area contributed by atoms with Gasteiger partial charge >= 0.3 is 6.09 Å². The number of likely N-dealkylation sites (tertiary alicyclic amines) is 1. The number of carbonyl (C=O) groups is 1. The number of para-hydroxylation sites is 1. The fourth-order valence-electron chi connectivity index (χ4n) is 6.86. The van der Waals surface area contributed by atoms with Crippen molar-refractivity contribution in [2.45, 2.75) is 44.2 Å². The second-order valence-corrected chi connectivity index (χ2v) is 8.96. The molecule has 4 rings (SSSR count). The maximum atomic E-state index is 12.9. The van der Waals surface area contributed by atoms with Gasteiger partial charge in [-0.25, -0.2) is 4.79 Å². The Kier molecular flexibility index (Phi) is 4.80. The quantitative estimate of drug-likeness (QED) is 0.774. The van der Waals surface area contributed by atoms with Crippen molar-refractivity contribution in [2.75, 3.05) is 27.9 Å². The molecule has 0 spiro atoms. The molecule has 1 aliphatic heterocycles. The van der Waals surface area contributed by atoms with E-state index in [2.05, 4.69) is 13.5 Å². The van der Waals surface area contributed by atoms with E-state index in [-0.39, 0.29) is 40.7 Å². The van der Waals surface area contributed by atoms with Crippen LogP contribution < -0.4 is 4.74 Å². The number of amides is 1. The first-order valence-corrected chi connectivity index (χ1v) is 10.2. The molecule has 2 saturated carbocycles. The van der Waals surface area contributed by atoms with Crippen LogP contribution in [0, 0.1) is 16.7 Å². The number of carbonyl (C=O) groups excluding carboxylic acids is 1. The number of aromatic hydroxyl groups is 1. The van der Waals surface area contributed by atoms with Crippen molar-refractivity contribution in [1.29, 1.82) is 0 Å². The van der Waals surface area contributed by atoms with Crippen LogP contribution in [0.3, 0.4) is 0 Å². The lowest BCUT2D eigenvalue weighted by molar-refractivity contribution is -0.152. The maximum absolute atomic E-state index is 12.9. The molecule has 29 heavy (non-hydrogen) atoms. The van der Waals surface area contributed by atoms with Gasteiger partial charge in [-0.1, -0.05) is 25.1 Å². The van der Waals surface area contributed by atoms with Crippen LogP contribution in [0.5, 0.6) is 11.5 Å². The van der Waals surface area contributed by atoms with E-state index in [1.165, 1.54) is 7.11 Å². The molecular weight excluding hydrogens is 370 g/mol. The van der Waals surface area contributed by atoms with E-state index >= 15 is 0 Å². The summed E-state index contributed by atoms with van der Waals surface area (Å²) in [6.07, 6.45) is 4.47. The molecule has 1 aromatic carbocycles. The predicted octanol–water partition coefficient (Wildman–Crippen LogP) is 3.94. The number of hydrogen-bond donors (Lipinski definition) is 1. The summed E-state index contributed by atoms with van der Waals surface area (Å²) < 4.78 is 16.8. The molecule has 1 N–H and O–H groups in total. The highest BCUT2D eigenvalue weighted by atomic mass is 16.5. The molecule has 158 valence electrons. The lowest BCUT2D eigenvalue weighted by Gasteiger charge is -2.61. The van der Waals surface area contributed by atoms with Crippen molar-refractivity contribution in [3.63, 3.8) is 0 Å². The highest BCUT2D eigenvalue weighted by Gasteiger charge is 2.70. The molecule has 6 nitrogen and oxygen atoms in total. The zero-order chi connectivity index (χ0) is 21.0. The minimum absolute atomic E-state index is 0.0169. The maximum Gasteiger partial charge on any atom is 0.409 e. The van der Waals surface area contributed by atoms with E-state index in [4.69, 9.17) is 14.2 Å². The number of methoxy groups -OCH3 is 3. The minimum atomic E-state index is -0.380. The first-order valence-electron chi connectivity index (χ1n) is 10.2.